The van der Waals surface area contributed by atoms with Gasteiger partial charge in [-0.3, -0.25) is 0 Å². The van der Waals surface area contributed by atoms with Gasteiger partial charge in [-0.05, 0) is 64.2 Å². The molecule has 2 heteroatoms. The van der Waals surface area contributed by atoms with Crippen LogP contribution in [0.3, 0.4) is 0 Å². The zero-order valence-electron chi connectivity index (χ0n) is 9.19. The maximum Gasteiger partial charge on any atom is 0.108 e. The lowest BCUT2D eigenvalue weighted by molar-refractivity contribution is 0.0993. The number of hydrogen-bond acceptors (Lipinski definition) is 1. The summed E-state index contributed by atoms with van der Waals surface area (Å²) in [6.07, 6.45) is 8.48. The van der Waals surface area contributed by atoms with E-state index in [0.717, 1.165) is 31.6 Å². The highest BCUT2D eigenvalue weighted by atomic mass is 19.1. The number of nitrogens with two attached hydrogens (primary N) is 1. The highest BCUT2D eigenvalue weighted by Crippen LogP contribution is 2.41. The van der Waals surface area contributed by atoms with Crippen molar-refractivity contribution in [2.45, 2.75) is 69.5 Å². The predicted octanol–water partition coefficient (Wildman–Crippen LogP) is 3.18. The normalized spacial score (nSPS) is 40.9. The Labute approximate surface area is 86.2 Å². The van der Waals surface area contributed by atoms with Gasteiger partial charge in [0, 0.05) is 5.54 Å². The van der Waals surface area contributed by atoms with E-state index in [1.165, 1.54) is 25.7 Å². The van der Waals surface area contributed by atoms with E-state index < -0.39 is 5.67 Å². The first-order chi connectivity index (χ1) is 6.49. The first kappa shape index (κ1) is 10.4. The van der Waals surface area contributed by atoms with E-state index >= 15 is 0 Å². The number of alkyl halides is 1. The molecule has 14 heavy (non-hydrogen) atoms. The molecule has 0 heterocycles. The van der Waals surface area contributed by atoms with Crippen LogP contribution in [-0.4, -0.2) is 11.2 Å². The Bertz CT molecular complexity index is 198. The van der Waals surface area contributed by atoms with Crippen molar-refractivity contribution in [3.8, 4) is 0 Å². The fourth-order valence-corrected chi connectivity index (χ4v) is 2.47. The average Bonchev–Trinajstić information content (AvgIpc) is 2.83. The van der Waals surface area contributed by atoms with Crippen LogP contribution in [0.1, 0.15) is 58.3 Å². The zero-order chi connectivity index (χ0) is 10.2. The summed E-state index contributed by atoms with van der Waals surface area (Å²) in [5.74, 6) is 0.750. The highest BCUT2D eigenvalue weighted by Gasteiger charge is 2.39. The van der Waals surface area contributed by atoms with Gasteiger partial charge in [0.15, 0.2) is 0 Å². The molecule has 0 radical (unpaired) electrons. The minimum Gasteiger partial charge on any atom is -0.325 e. The minimum absolute atomic E-state index is 0.191. The Kier molecular flexibility index (Phi) is 2.59. The molecule has 2 rings (SSSR count). The SMILES string of the molecule is CC1(F)CCC(CCC2(N)CC2)CC1. The van der Waals surface area contributed by atoms with E-state index in [1.54, 1.807) is 6.92 Å². The van der Waals surface area contributed by atoms with Crippen LogP contribution in [-0.2, 0) is 0 Å². The van der Waals surface area contributed by atoms with Gasteiger partial charge in [-0.25, -0.2) is 4.39 Å². The van der Waals surface area contributed by atoms with Gasteiger partial charge in [0.05, 0.1) is 0 Å². The number of hydrogen-bond donors (Lipinski definition) is 1. The van der Waals surface area contributed by atoms with Gasteiger partial charge in [-0.15, -0.1) is 0 Å². The van der Waals surface area contributed by atoms with Gasteiger partial charge in [-0.2, -0.15) is 0 Å². The first-order valence-electron chi connectivity index (χ1n) is 5.97. The Balaban J connectivity index is 1.68. The Morgan fingerprint density at radius 2 is 1.79 bits per heavy atom. The second kappa shape index (κ2) is 3.48. The van der Waals surface area contributed by atoms with Gasteiger partial charge in [0.2, 0.25) is 0 Å². The van der Waals surface area contributed by atoms with Crippen LogP contribution >= 0.6 is 0 Å². The van der Waals surface area contributed by atoms with Crippen LogP contribution in [0.2, 0.25) is 0 Å². The molecular weight excluding hydrogens is 177 g/mol. The van der Waals surface area contributed by atoms with Crippen molar-refractivity contribution in [2.75, 3.05) is 0 Å². The summed E-state index contributed by atoms with van der Waals surface area (Å²) in [6, 6.07) is 0. The third kappa shape index (κ3) is 2.69. The number of halogens is 1. The van der Waals surface area contributed by atoms with Crippen molar-refractivity contribution in [2.24, 2.45) is 11.7 Å². The summed E-state index contributed by atoms with van der Waals surface area (Å²) >= 11 is 0. The van der Waals surface area contributed by atoms with Crippen molar-refractivity contribution >= 4 is 0 Å². The molecule has 2 N–H and O–H groups in total. The first-order valence-corrected chi connectivity index (χ1v) is 5.97. The Hall–Kier alpha value is -0.110. The molecule has 0 atom stereocenters. The van der Waals surface area contributed by atoms with Crippen LogP contribution < -0.4 is 5.73 Å². The third-order valence-electron chi connectivity index (χ3n) is 4.09. The van der Waals surface area contributed by atoms with E-state index in [0.29, 0.717) is 0 Å². The van der Waals surface area contributed by atoms with Crippen LogP contribution in [0.5, 0.6) is 0 Å². The van der Waals surface area contributed by atoms with Gasteiger partial charge in [0.25, 0.3) is 0 Å². The molecule has 0 aromatic rings. The smallest absolute Gasteiger partial charge is 0.108 e. The van der Waals surface area contributed by atoms with Gasteiger partial charge in [-0.1, -0.05) is 0 Å². The lowest BCUT2D eigenvalue weighted by Gasteiger charge is -2.31. The molecule has 1 nitrogen and oxygen atoms in total. The maximum atomic E-state index is 13.5. The van der Waals surface area contributed by atoms with Crippen molar-refractivity contribution in [1.29, 1.82) is 0 Å². The lowest BCUT2D eigenvalue weighted by atomic mass is 9.78. The van der Waals surface area contributed by atoms with E-state index in [-0.39, 0.29) is 5.54 Å². The molecule has 2 aliphatic carbocycles. The quantitative estimate of drug-likeness (QED) is 0.742. The molecule has 0 bridgehead atoms. The summed E-state index contributed by atoms with van der Waals surface area (Å²) < 4.78 is 13.5. The van der Waals surface area contributed by atoms with E-state index in [2.05, 4.69) is 0 Å². The predicted molar refractivity (Wildman–Crippen MR) is 56.9 cm³/mol. The lowest BCUT2D eigenvalue weighted by Crippen LogP contribution is -2.28. The fourth-order valence-electron chi connectivity index (χ4n) is 2.47. The second-order valence-electron chi connectivity index (χ2n) is 5.76. The van der Waals surface area contributed by atoms with Crippen LogP contribution in [0.25, 0.3) is 0 Å². The molecule has 0 aromatic heterocycles. The summed E-state index contributed by atoms with van der Waals surface area (Å²) in [5, 5.41) is 0. The standard InChI is InChI=1S/C12H22FN/c1-11(13)5-2-10(3-6-11)4-7-12(14)8-9-12/h10H,2-9,14H2,1H3. The molecule has 2 fully saturated rings. The van der Waals surface area contributed by atoms with Gasteiger partial charge in [0.1, 0.15) is 5.67 Å². The van der Waals surface area contributed by atoms with E-state index in [9.17, 15) is 4.39 Å². The molecule has 0 spiro atoms. The monoisotopic (exact) mass is 199 g/mol. The summed E-state index contributed by atoms with van der Waals surface area (Å²) in [6.45, 7) is 1.74. The second-order valence-corrected chi connectivity index (χ2v) is 5.76. The third-order valence-corrected chi connectivity index (χ3v) is 4.09. The summed E-state index contributed by atoms with van der Waals surface area (Å²) in [4.78, 5) is 0. The maximum absolute atomic E-state index is 13.5. The fraction of sp³-hybridized carbons (Fsp3) is 1.00. The Morgan fingerprint density at radius 3 is 2.29 bits per heavy atom. The molecule has 0 amide bonds. The summed E-state index contributed by atoms with van der Waals surface area (Å²) in [7, 11) is 0. The molecule has 0 unspecified atom stereocenters. The van der Waals surface area contributed by atoms with E-state index in [4.69, 9.17) is 5.73 Å². The molecule has 0 saturated heterocycles. The largest absolute Gasteiger partial charge is 0.325 e. The van der Waals surface area contributed by atoms with Crippen molar-refractivity contribution in [3.63, 3.8) is 0 Å². The van der Waals surface area contributed by atoms with Crippen molar-refractivity contribution < 1.29 is 4.39 Å². The topological polar surface area (TPSA) is 26.0 Å². The zero-order valence-corrected chi connectivity index (χ0v) is 9.19. The summed E-state index contributed by atoms with van der Waals surface area (Å²) in [5.41, 5.74) is 5.36. The molecule has 2 saturated carbocycles. The number of rotatable bonds is 3. The van der Waals surface area contributed by atoms with Crippen molar-refractivity contribution in [1.82, 2.24) is 0 Å². The van der Waals surface area contributed by atoms with Crippen LogP contribution in [0, 0.1) is 5.92 Å². The van der Waals surface area contributed by atoms with Crippen LogP contribution in [0.4, 0.5) is 4.39 Å². The molecule has 0 aliphatic heterocycles. The minimum atomic E-state index is -0.878. The van der Waals surface area contributed by atoms with E-state index in [1.807, 2.05) is 0 Å². The van der Waals surface area contributed by atoms with Crippen LogP contribution in [0.15, 0.2) is 0 Å². The Morgan fingerprint density at radius 1 is 1.21 bits per heavy atom. The average molecular weight is 199 g/mol. The molecule has 0 aromatic carbocycles. The van der Waals surface area contributed by atoms with Gasteiger partial charge < -0.3 is 5.73 Å². The van der Waals surface area contributed by atoms with Crippen molar-refractivity contribution in [3.05, 3.63) is 0 Å². The molecule has 82 valence electrons. The molecular formula is C12H22FN. The van der Waals surface area contributed by atoms with Gasteiger partial charge >= 0.3 is 0 Å². The highest BCUT2D eigenvalue weighted by molar-refractivity contribution is 4.98. The molecule has 2 aliphatic rings.